The van der Waals surface area contributed by atoms with Gasteiger partial charge in [0.25, 0.3) is 0 Å². The molecule has 0 radical (unpaired) electrons. The molecule has 0 spiro atoms. The second-order valence-electron chi connectivity index (χ2n) is 3.31. The highest BCUT2D eigenvalue weighted by Gasteiger charge is 2.15. The van der Waals surface area contributed by atoms with Gasteiger partial charge in [0.1, 0.15) is 11.9 Å². The summed E-state index contributed by atoms with van der Waals surface area (Å²) in [6.07, 6.45) is -0.476. The highest BCUT2D eigenvalue weighted by atomic mass is 16.4. The molecule has 0 aliphatic rings. The lowest BCUT2D eigenvalue weighted by Crippen LogP contribution is -2.30. The normalized spacial score (nSPS) is 15.1. The number of aryl methyl sites for hydroxylation is 1. The molecule has 0 bridgehead atoms. The molecule has 2 unspecified atom stereocenters. The Labute approximate surface area is 86.9 Å². The summed E-state index contributed by atoms with van der Waals surface area (Å²) < 4.78 is 1.43. The quantitative estimate of drug-likeness (QED) is 0.393. The van der Waals surface area contributed by atoms with Crippen molar-refractivity contribution in [1.29, 1.82) is 0 Å². The Morgan fingerprint density at radius 1 is 1.33 bits per heavy atom. The number of hydrogen-bond acceptors (Lipinski definition) is 6. The molecule has 0 saturated heterocycles. The predicted octanol–water partition coefficient (Wildman–Crippen LogP) is -1.85. The maximum absolute atomic E-state index is 9.35. The largest absolute Gasteiger partial charge is 0.394 e. The number of nitrogens with zero attached hydrogens (tertiary/aromatic N) is 2. The van der Waals surface area contributed by atoms with Gasteiger partial charge in [-0.15, -0.1) is 0 Å². The average Bonchev–Trinajstić information content (AvgIpc) is 2.55. The summed E-state index contributed by atoms with van der Waals surface area (Å²) in [6, 6.07) is 0. The van der Waals surface area contributed by atoms with E-state index in [1.807, 2.05) is 0 Å². The maximum Gasteiger partial charge on any atom is 0.145 e. The molecule has 7 nitrogen and oxygen atoms in total. The first-order chi connectivity index (χ1) is 7.06. The van der Waals surface area contributed by atoms with Gasteiger partial charge in [0.05, 0.1) is 24.6 Å². The zero-order valence-corrected chi connectivity index (χ0v) is 8.24. The van der Waals surface area contributed by atoms with Gasteiger partial charge in [-0.2, -0.15) is 5.10 Å². The molecule has 0 aliphatic heterocycles. The van der Waals surface area contributed by atoms with E-state index in [-0.39, 0.29) is 6.42 Å². The summed E-state index contributed by atoms with van der Waals surface area (Å²) in [5.41, 5.74) is 11.4. The molecule has 0 fully saturated rings. The molecule has 1 aromatic rings. The zero-order chi connectivity index (χ0) is 11.4. The molecule has 15 heavy (non-hydrogen) atoms. The Morgan fingerprint density at radius 2 is 2.00 bits per heavy atom. The van der Waals surface area contributed by atoms with Crippen molar-refractivity contribution in [3.8, 4) is 0 Å². The van der Waals surface area contributed by atoms with E-state index in [9.17, 15) is 5.11 Å². The van der Waals surface area contributed by atoms with Crippen molar-refractivity contribution in [3.05, 3.63) is 6.20 Å². The lowest BCUT2D eigenvalue weighted by molar-refractivity contribution is -0.0195. The minimum atomic E-state index is -1.14. The van der Waals surface area contributed by atoms with E-state index in [0.717, 1.165) is 0 Å². The van der Waals surface area contributed by atoms with Gasteiger partial charge in [-0.05, 0) is 6.42 Å². The number of rotatable bonds is 5. The van der Waals surface area contributed by atoms with E-state index in [1.54, 1.807) is 0 Å². The Kier molecular flexibility index (Phi) is 3.89. The van der Waals surface area contributed by atoms with Gasteiger partial charge in [0.15, 0.2) is 0 Å². The van der Waals surface area contributed by atoms with Crippen LogP contribution in [0.25, 0.3) is 0 Å². The van der Waals surface area contributed by atoms with Crippen LogP contribution in [-0.4, -0.2) is 43.9 Å². The molecule has 0 aromatic carbocycles. The second kappa shape index (κ2) is 4.96. The van der Waals surface area contributed by atoms with Crippen molar-refractivity contribution < 1.29 is 15.3 Å². The van der Waals surface area contributed by atoms with Gasteiger partial charge in [-0.1, -0.05) is 0 Å². The van der Waals surface area contributed by atoms with Crippen LogP contribution >= 0.6 is 0 Å². The van der Waals surface area contributed by atoms with Gasteiger partial charge in [-0.3, -0.25) is 0 Å². The average molecular weight is 216 g/mol. The number of anilines is 2. The summed E-state index contributed by atoms with van der Waals surface area (Å²) in [4.78, 5) is 0. The molecule has 7 N–H and O–H groups in total. The van der Waals surface area contributed by atoms with E-state index in [4.69, 9.17) is 21.7 Å². The first kappa shape index (κ1) is 11.8. The number of aliphatic hydroxyl groups excluding tert-OH is 3. The summed E-state index contributed by atoms with van der Waals surface area (Å²) in [7, 11) is 0. The predicted molar refractivity (Wildman–Crippen MR) is 54.8 cm³/mol. The third kappa shape index (κ3) is 2.82. The molecule has 1 rings (SSSR count). The topological polar surface area (TPSA) is 131 Å². The number of nitrogens with two attached hydrogens (primary N) is 2. The van der Waals surface area contributed by atoms with Crippen LogP contribution in [0.3, 0.4) is 0 Å². The van der Waals surface area contributed by atoms with Gasteiger partial charge < -0.3 is 26.8 Å². The monoisotopic (exact) mass is 216 g/mol. The van der Waals surface area contributed by atoms with Crippen molar-refractivity contribution in [3.63, 3.8) is 0 Å². The smallest absolute Gasteiger partial charge is 0.145 e. The molecule has 0 saturated carbocycles. The molecule has 1 aromatic heterocycles. The van der Waals surface area contributed by atoms with Gasteiger partial charge in [0, 0.05) is 6.54 Å². The Hall–Kier alpha value is -1.31. The maximum atomic E-state index is 9.35. The Balaban J connectivity index is 2.47. The van der Waals surface area contributed by atoms with Crippen LogP contribution in [0.5, 0.6) is 0 Å². The Morgan fingerprint density at radius 3 is 2.47 bits per heavy atom. The van der Waals surface area contributed by atoms with E-state index in [1.165, 1.54) is 10.9 Å². The van der Waals surface area contributed by atoms with Crippen molar-refractivity contribution in [2.24, 2.45) is 0 Å². The van der Waals surface area contributed by atoms with Crippen LogP contribution in [0, 0.1) is 0 Å². The lowest BCUT2D eigenvalue weighted by Gasteiger charge is -2.15. The van der Waals surface area contributed by atoms with Crippen LogP contribution in [0.4, 0.5) is 11.5 Å². The summed E-state index contributed by atoms with van der Waals surface area (Å²) >= 11 is 0. The zero-order valence-electron chi connectivity index (χ0n) is 8.24. The fourth-order valence-corrected chi connectivity index (χ4v) is 1.16. The molecule has 2 atom stereocenters. The fourth-order valence-electron chi connectivity index (χ4n) is 1.16. The third-order valence-electron chi connectivity index (χ3n) is 2.18. The van der Waals surface area contributed by atoms with Crippen LogP contribution in [-0.2, 0) is 6.54 Å². The minimum Gasteiger partial charge on any atom is -0.394 e. The Bertz CT molecular complexity index is 315. The molecule has 86 valence electrons. The highest BCUT2D eigenvalue weighted by molar-refractivity contribution is 5.56. The third-order valence-corrected chi connectivity index (χ3v) is 2.18. The molecule has 7 heteroatoms. The van der Waals surface area contributed by atoms with E-state index in [0.29, 0.717) is 18.1 Å². The second-order valence-corrected chi connectivity index (χ2v) is 3.31. The van der Waals surface area contributed by atoms with Crippen molar-refractivity contribution in [2.45, 2.75) is 25.2 Å². The summed E-state index contributed by atoms with van der Waals surface area (Å²) in [5, 5.41) is 30.9. The van der Waals surface area contributed by atoms with Gasteiger partial charge in [0.2, 0.25) is 0 Å². The van der Waals surface area contributed by atoms with E-state index >= 15 is 0 Å². The molecule has 1 heterocycles. The first-order valence-corrected chi connectivity index (χ1v) is 4.60. The van der Waals surface area contributed by atoms with Crippen molar-refractivity contribution >= 4 is 11.5 Å². The summed E-state index contributed by atoms with van der Waals surface area (Å²) in [6.45, 7) is -0.140. The summed E-state index contributed by atoms with van der Waals surface area (Å²) in [5.74, 6) is 0.334. The van der Waals surface area contributed by atoms with E-state index < -0.39 is 18.8 Å². The number of nitrogen functional groups attached to an aromatic ring is 2. The van der Waals surface area contributed by atoms with Crippen LogP contribution in [0.1, 0.15) is 6.42 Å². The highest BCUT2D eigenvalue weighted by Crippen LogP contribution is 2.13. The molecular weight excluding hydrogens is 200 g/mol. The molecular formula is C8H16N4O3. The number of hydrogen-bond donors (Lipinski definition) is 5. The number of aromatic nitrogens is 2. The standard InChI is InChI=1S/C8H16N4O3/c9-5-3-11-12(8(5)10)2-1-6(14)7(15)4-13/h3,6-7,13-15H,1-2,4,9-10H2. The molecule has 0 aliphatic carbocycles. The first-order valence-electron chi connectivity index (χ1n) is 4.60. The van der Waals surface area contributed by atoms with Crippen LogP contribution in [0.2, 0.25) is 0 Å². The van der Waals surface area contributed by atoms with E-state index in [2.05, 4.69) is 5.10 Å². The minimum absolute atomic E-state index is 0.243. The van der Waals surface area contributed by atoms with Crippen LogP contribution < -0.4 is 11.5 Å². The SMILES string of the molecule is Nc1cnn(CCC(O)C(O)CO)c1N. The number of aliphatic hydroxyl groups is 3. The van der Waals surface area contributed by atoms with Crippen molar-refractivity contribution in [2.75, 3.05) is 18.1 Å². The van der Waals surface area contributed by atoms with Gasteiger partial charge in [-0.25, -0.2) is 4.68 Å². The van der Waals surface area contributed by atoms with Crippen molar-refractivity contribution in [1.82, 2.24) is 9.78 Å². The van der Waals surface area contributed by atoms with Crippen LogP contribution in [0.15, 0.2) is 6.20 Å². The fraction of sp³-hybridized carbons (Fsp3) is 0.625. The molecule has 0 amide bonds. The van der Waals surface area contributed by atoms with Gasteiger partial charge >= 0.3 is 0 Å². The lowest BCUT2D eigenvalue weighted by atomic mass is 10.1.